The molecule has 1 atom stereocenters. The molecule has 1 aliphatic rings. The van der Waals surface area contributed by atoms with E-state index < -0.39 is 0 Å². The number of nitrogens with zero attached hydrogens (tertiary/aromatic N) is 1. The Kier molecular flexibility index (Phi) is 4.34. The van der Waals surface area contributed by atoms with Crippen LogP contribution in [0.4, 0.5) is 4.39 Å². The third-order valence-electron chi connectivity index (χ3n) is 3.59. The van der Waals surface area contributed by atoms with Crippen molar-refractivity contribution in [1.82, 2.24) is 4.90 Å². The highest BCUT2D eigenvalue weighted by Gasteiger charge is 2.22. The zero-order chi connectivity index (χ0) is 13.0. The van der Waals surface area contributed by atoms with Crippen LogP contribution in [0.25, 0.3) is 0 Å². The minimum absolute atomic E-state index is 0.176. The fraction of sp³-hybridized carbons (Fsp3) is 0.533. The van der Waals surface area contributed by atoms with Crippen LogP contribution in [0.3, 0.4) is 0 Å². The Morgan fingerprint density at radius 2 is 2.33 bits per heavy atom. The number of hydrogen-bond acceptors (Lipinski definition) is 1. The molecule has 1 unspecified atom stereocenters. The highest BCUT2D eigenvalue weighted by atomic mass is 19.1. The van der Waals surface area contributed by atoms with E-state index in [0.29, 0.717) is 12.3 Å². The van der Waals surface area contributed by atoms with Crippen LogP contribution in [0.15, 0.2) is 24.3 Å². The molecule has 98 valence electrons. The molecule has 1 saturated heterocycles. The summed E-state index contributed by atoms with van der Waals surface area (Å²) in [5.74, 6) is 0.528. The molecule has 1 aromatic carbocycles. The number of hydrogen-bond donors (Lipinski definition) is 0. The predicted octanol–water partition coefficient (Wildman–Crippen LogP) is 3.02. The molecular formula is C15H20FNO. The third kappa shape index (κ3) is 3.31. The first kappa shape index (κ1) is 13.1. The molecule has 1 amide bonds. The quantitative estimate of drug-likeness (QED) is 0.806. The maximum Gasteiger partial charge on any atom is 0.222 e. The minimum Gasteiger partial charge on any atom is -0.342 e. The van der Waals surface area contributed by atoms with Gasteiger partial charge in [-0.15, -0.1) is 0 Å². The van der Waals surface area contributed by atoms with Crippen molar-refractivity contribution in [3.8, 4) is 0 Å². The van der Waals surface area contributed by atoms with Crippen LogP contribution in [0, 0.1) is 11.7 Å². The Balaban J connectivity index is 1.95. The van der Waals surface area contributed by atoms with Crippen LogP contribution in [0.2, 0.25) is 0 Å². The third-order valence-corrected chi connectivity index (χ3v) is 3.59. The van der Waals surface area contributed by atoms with Crippen LogP contribution in [-0.4, -0.2) is 23.9 Å². The topological polar surface area (TPSA) is 20.3 Å². The Morgan fingerprint density at radius 3 is 3.06 bits per heavy atom. The Morgan fingerprint density at radius 1 is 1.50 bits per heavy atom. The average Bonchev–Trinajstić information content (AvgIpc) is 2.38. The van der Waals surface area contributed by atoms with E-state index in [1.165, 1.54) is 6.07 Å². The number of benzene rings is 1. The van der Waals surface area contributed by atoms with Crippen LogP contribution in [-0.2, 0) is 11.2 Å². The van der Waals surface area contributed by atoms with E-state index in [9.17, 15) is 9.18 Å². The summed E-state index contributed by atoms with van der Waals surface area (Å²) in [5, 5.41) is 0. The molecule has 1 aliphatic heterocycles. The number of rotatable bonds is 3. The summed E-state index contributed by atoms with van der Waals surface area (Å²) < 4.78 is 13.1. The summed E-state index contributed by atoms with van der Waals surface area (Å²) in [6.45, 7) is 3.61. The molecule has 0 bridgehead atoms. The lowest BCUT2D eigenvalue weighted by Crippen LogP contribution is -2.40. The molecule has 0 aliphatic carbocycles. The Hall–Kier alpha value is -1.38. The first-order valence-corrected chi connectivity index (χ1v) is 6.71. The van der Waals surface area contributed by atoms with Gasteiger partial charge in [0, 0.05) is 19.5 Å². The van der Waals surface area contributed by atoms with Gasteiger partial charge in [-0.05, 0) is 42.9 Å². The second kappa shape index (κ2) is 5.98. The minimum atomic E-state index is -0.176. The van der Waals surface area contributed by atoms with Gasteiger partial charge in [0.1, 0.15) is 5.82 Å². The lowest BCUT2D eigenvalue weighted by molar-refractivity contribution is -0.132. The molecular weight excluding hydrogens is 229 g/mol. The van der Waals surface area contributed by atoms with Crippen molar-refractivity contribution >= 4 is 5.91 Å². The molecule has 0 spiro atoms. The van der Waals surface area contributed by atoms with Crippen molar-refractivity contribution in [2.75, 3.05) is 13.1 Å². The SMILES string of the molecule is CCC(=O)N1CCCC(Cc2cccc(F)c2)C1. The summed E-state index contributed by atoms with van der Waals surface area (Å²) in [5.41, 5.74) is 1.03. The summed E-state index contributed by atoms with van der Waals surface area (Å²) in [6, 6.07) is 6.78. The second-order valence-electron chi connectivity index (χ2n) is 5.04. The summed E-state index contributed by atoms with van der Waals surface area (Å²) in [7, 11) is 0. The summed E-state index contributed by atoms with van der Waals surface area (Å²) in [4.78, 5) is 13.6. The van der Waals surface area contributed by atoms with E-state index in [2.05, 4.69) is 0 Å². The number of piperidine rings is 1. The number of carbonyl (C=O) groups is 1. The van der Waals surface area contributed by atoms with Crippen LogP contribution in [0.5, 0.6) is 0 Å². The molecule has 3 heteroatoms. The van der Waals surface area contributed by atoms with Crippen molar-refractivity contribution in [3.63, 3.8) is 0 Å². The van der Waals surface area contributed by atoms with Crippen molar-refractivity contribution < 1.29 is 9.18 Å². The van der Waals surface area contributed by atoms with Gasteiger partial charge >= 0.3 is 0 Å². The summed E-state index contributed by atoms with van der Waals surface area (Å²) >= 11 is 0. The van der Waals surface area contributed by atoms with E-state index >= 15 is 0 Å². The number of amides is 1. The molecule has 1 fully saturated rings. The molecule has 0 aromatic heterocycles. The largest absolute Gasteiger partial charge is 0.342 e. The highest BCUT2D eigenvalue weighted by Crippen LogP contribution is 2.21. The monoisotopic (exact) mass is 249 g/mol. The van der Waals surface area contributed by atoms with Crippen LogP contribution in [0.1, 0.15) is 31.7 Å². The van der Waals surface area contributed by atoms with Crippen molar-refractivity contribution in [2.24, 2.45) is 5.92 Å². The first-order valence-electron chi connectivity index (χ1n) is 6.71. The normalized spacial score (nSPS) is 19.9. The maximum atomic E-state index is 13.1. The van der Waals surface area contributed by atoms with Gasteiger partial charge in [-0.25, -0.2) is 4.39 Å². The van der Waals surface area contributed by atoms with E-state index in [1.807, 2.05) is 17.9 Å². The lowest BCUT2D eigenvalue weighted by Gasteiger charge is -2.32. The fourth-order valence-corrected chi connectivity index (χ4v) is 2.68. The van der Waals surface area contributed by atoms with Crippen molar-refractivity contribution in [1.29, 1.82) is 0 Å². The van der Waals surface area contributed by atoms with E-state index in [1.54, 1.807) is 12.1 Å². The van der Waals surface area contributed by atoms with Crippen LogP contribution >= 0.6 is 0 Å². The van der Waals surface area contributed by atoms with Gasteiger partial charge in [0.2, 0.25) is 5.91 Å². The molecule has 0 saturated carbocycles. The summed E-state index contributed by atoms with van der Waals surface area (Å²) in [6.07, 6.45) is 3.63. The van der Waals surface area contributed by atoms with Gasteiger partial charge in [0.15, 0.2) is 0 Å². The Labute approximate surface area is 108 Å². The second-order valence-corrected chi connectivity index (χ2v) is 5.04. The molecule has 1 heterocycles. The Bertz CT molecular complexity index is 419. The van der Waals surface area contributed by atoms with Gasteiger partial charge in [0.25, 0.3) is 0 Å². The van der Waals surface area contributed by atoms with Gasteiger partial charge in [-0.3, -0.25) is 4.79 Å². The van der Waals surface area contributed by atoms with E-state index in [-0.39, 0.29) is 11.7 Å². The predicted molar refractivity (Wildman–Crippen MR) is 69.7 cm³/mol. The van der Waals surface area contributed by atoms with Gasteiger partial charge in [-0.1, -0.05) is 19.1 Å². The van der Waals surface area contributed by atoms with Gasteiger partial charge < -0.3 is 4.90 Å². The lowest BCUT2D eigenvalue weighted by atomic mass is 9.91. The molecule has 18 heavy (non-hydrogen) atoms. The van der Waals surface area contributed by atoms with Crippen molar-refractivity contribution in [2.45, 2.75) is 32.6 Å². The maximum absolute atomic E-state index is 13.1. The van der Waals surface area contributed by atoms with E-state index in [0.717, 1.165) is 37.9 Å². The zero-order valence-electron chi connectivity index (χ0n) is 10.9. The molecule has 1 aromatic rings. The van der Waals surface area contributed by atoms with E-state index in [4.69, 9.17) is 0 Å². The fourth-order valence-electron chi connectivity index (χ4n) is 2.68. The molecule has 0 radical (unpaired) electrons. The first-order chi connectivity index (χ1) is 8.69. The zero-order valence-corrected chi connectivity index (χ0v) is 10.9. The van der Waals surface area contributed by atoms with Gasteiger partial charge in [0.05, 0.1) is 0 Å². The molecule has 0 N–H and O–H groups in total. The number of likely N-dealkylation sites (tertiary alicyclic amines) is 1. The highest BCUT2D eigenvalue weighted by molar-refractivity contribution is 5.75. The van der Waals surface area contributed by atoms with Gasteiger partial charge in [-0.2, -0.15) is 0 Å². The smallest absolute Gasteiger partial charge is 0.222 e. The average molecular weight is 249 g/mol. The molecule has 2 rings (SSSR count). The number of halogens is 1. The number of carbonyl (C=O) groups excluding carboxylic acids is 1. The molecule has 2 nitrogen and oxygen atoms in total. The van der Waals surface area contributed by atoms with Crippen molar-refractivity contribution in [3.05, 3.63) is 35.6 Å². The standard InChI is InChI=1S/C15H20FNO/c1-2-15(18)17-8-4-6-13(11-17)9-12-5-3-7-14(16)10-12/h3,5,7,10,13H,2,4,6,8-9,11H2,1H3. The van der Waals surface area contributed by atoms with Crippen LogP contribution < -0.4 is 0 Å².